The minimum Gasteiger partial charge on any atom is -0.481 e. The van der Waals surface area contributed by atoms with Crippen LogP contribution in [-0.2, 0) is 16.1 Å². The standard InChI is InChI=1S/C23H23F2N3O3/c24-19-8-4-17(5-9-19)15-21(28-13-12-26-16-28)23(18-6-10-20(25)11-7-18)27-31-14-2-1-3-22(29)30/h4-13,16,21H,1-3,14-15H2,(H,29,30)/b27-23+. The topological polar surface area (TPSA) is 76.7 Å². The summed E-state index contributed by atoms with van der Waals surface area (Å²) < 4.78 is 28.7. The molecule has 1 N–H and O–H groups in total. The molecular weight excluding hydrogens is 404 g/mol. The maximum atomic E-state index is 13.5. The fourth-order valence-corrected chi connectivity index (χ4v) is 3.13. The van der Waals surface area contributed by atoms with Crippen molar-refractivity contribution in [1.82, 2.24) is 9.55 Å². The van der Waals surface area contributed by atoms with Crippen molar-refractivity contribution in [2.75, 3.05) is 6.61 Å². The second-order valence-corrected chi connectivity index (χ2v) is 7.02. The summed E-state index contributed by atoms with van der Waals surface area (Å²) in [6, 6.07) is 11.8. The Balaban J connectivity index is 1.86. The van der Waals surface area contributed by atoms with Crippen LogP contribution in [0.15, 0.2) is 72.4 Å². The van der Waals surface area contributed by atoms with Gasteiger partial charge in [-0.1, -0.05) is 29.4 Å². The van der Waals surface area contributed by atoms with E-state index in [1.807, 2.05) is 4.57 Å². The van der Waals surface area contributed by atoms with Crippen molar-refractivity contribution in [1.29, 1.82) is 0 Å². The summed E-state index contributed by atoms with van der Waals surface area (Å²) in [4.78, 5) is 20.3. The van der Waals surface area contributed by atoms with E-state index in [4.69, 9.17) is 9.94 Å². The number of hydrogen-bond donors (Lipinski definition) is 1. The minimum atomic E-state index is -0.852. The molecule has 0 aliphatic rings. The predicted molar refractivity (Wildman–Crippen MR) is 112 cm³/mol. The van der Waals surface area contributed by atoms with Crippen LogP contribution in [0.3, 0.4) is 0 Å². The summed E-state index contributed by atoms with van der Waals surface area (Å²) >= 11 is 0. The Labute approximate surface area is 178 Å². The summed E-state index contributed by atoms with van der Waals surface area (Å²) in [6.45, 7) is 0.255. The lowest BCUT2D eigenvalue weighted by Crippen LogP contribution is -2.23. The first-order chi connectivity index (χ1) is 15.0. The molecule has 0 bridgehead atoms. The number of carbonyl (C=O) groups is 1. The van der Waals surface area contributed by atoms with E-state index in [1.54, 1.807) is 43.0 Å². The number of nitrogens with zero attached hydrogens (tertiary/aromatic N) is 3. The summed E-state index contributed by atoms with van der Waals surface area (Å²) in [6.07, 6.45) is 6.67. The molecule has 6 nitrogen and oxygen atoms in total. The van der Waals surface area contributed by atoms with Gasteiger partial charge in [-0.25, -0.2) is 13.8 Å². The van der Waals surface area contributed by atoms with Crippen molar-refractivity contribution in [3.63, 3.8) is 0 Å². The van der Waals surface area contributed by atoms with Crippen molar-refractivity contribution < 1.29 is 23.5 Å². The minimum absolute atomic E-state index is 0.0696. The van der Waals surface area contributed by atoms with Gasteiger partial charge in [0, 0.05) is 24.4 Å². The molecule has 0 saturated carbocycles. The first-order valence-corrected chi connectivity index (χ1v) is 9.92. The molecular formula is C23H23F2N3O3. The fraction of sp³-hybridized carbons (Fsp3) is 0.261. The lowest BCUT2D eigenvalue weighted by atomic mass is 9.96. The van der Waals surface area contributed by atoms with Crippen LogP contribution >= 0.6 is 0 Å². The molecule has 0 spiro atoms. The van der Waals surface area contributed by atoms with Gasteiger partial charge in [-0.2, -0.15) is 0 Å². The number of oxime groups is 1. The Morgan fingerprint density at radius 2 is 1.74 bits per heavy atom. The Morgan fingerprint density at radius 3 is 2.35 bits per heavy atom. The van der Waals surface area contributed by atoms with E-state index in [-0.39, 0.29) is 30.7 Å². The van der Waals surface area contributed by atoms with Gasteiger partial charge in [0.1, 0.15) is 24.0 Å². The lowest BCUT2D eigenvalue weighted by Gasteiger charge is -2.21. The van der Waals surface area contributed by atoms with E-state index in [0.29, 0.717) is 30.5 Å². The summed E-state index contributed by atoms with van der Waals surface area (Å²) in [5, 5.41) is 13.1. The number of carboxylic acid groups (broad SMARTS) is 1. The molecule has 1 aromatic heterocycles. The highest BCUT2D eigenvalue weighted by atomic mass is 19.1. The number of aromatic nitrogens is 2. The summed E-state index contributed by atoms with van der Waals surface area (Å²) in [5.41, 5.74) is 2.12. The molecule has 1 heterocycles. The molecule has 0 aliphatic carbocycles. The number of carboxylic acids is 1. The highest BCUT2D eigenvalue weighted by Crippen LogP contribution is 2.22. The molecule has 1 unspecified atom stereocenters. The Kier molecular flexibility index (Phi) is 7.86. The largest absolute Gasteiger partial charge is 0.481 e. The molecule has 3 rings (SSSR count). The SMILES string of the molecule is O=C(O)CCCCO/N=C(\c1ccc(F)cc1)C(Cc1ccc(F)cc1)n1ccnc1. The smallest absolute Gasteiger partial charge is 0.303 e. The van der Waals surface area contributed by atoms with Gasteiger partial charge in [-0.05, 0) is 49.1 Å². The average Bonchev–Trinajstić information content (AvgIpc) is 3.29. The molecule has 8 heteroatoms. The third-order valence-corrected chi connectivity index (χ3v) is 4.72. The van der Waals surface area contributed by atoms with Crippen LogP contribution in [0.4, 0.5) is 8.78 Å². The maximum Gasteiger partial charge on any atom is 0.303 e. The first-order valence-electron chi connectivity index (χ1n) is 9.92. The number of imidazole rings is 1. The average molecular weight is 427 g/mol. The Bertz CT molecular complexity index is 988. The zero-order valence-corrected chi connectivity index (χ0v) is 16.8. The highest BCUT2D eigenvalue weighted by molar-refractivity contribution is 6.03. The molecule has 31 heavy (non-hydrogen) atoms. The van der Waals surface area contributed by atoms with Crippen LogP contribution in [0.2, 0.25) is 0 Å². The molecule has 162 valence electrons. The van der Waals surface area contributed by atoms with E-state index >= 15 is 0 Å². The summed E-state index contributed by atoms with van der Waals surface area (Å²) in [5.74, 6) is -1.54. The number of benzene rings is 2. The van der Waals surface area contributed by atoms with Gasteiger partial charge in [0.2, 0.25) is 0 Å². The van der Waals surface area contributed by atoms with E-state index in [1.165, 1.54) is 24.3 Å². The summed E-state index contributed by atoms with van der Waals surface area (Å²) in [7, 11) is 0. The first kappa shape index (κ1) is 22.1. The number of hydrogen-bond acceptors (Lipinski definition) is 4. The van der Waals surface area contributed by atoms with Crippen molar-refractivity contribution in [2.24, 2.45) is 5.16 Å². The third-order valence-electron chi connectivity index (χ3n) is 4.72. The number of aliphatic carboxylic acids is 1. The Hall–Kier alpha value is -3.55. The maximum absolute atomic E-state index is 13.5. The number of rotatable bonds is 11. The number of unbranched alkanes of at least 4 members (excludes halogenated alkanes) is 1. The van der Waals surface area contributed by atoms with Crippen molar-refractivity contribution >= 4 is 11.7 Å². The van der Waals surface area contributed by atoms with Gasteiger partial charge in [0.05, 0.1) is 12.4 Å². The van der Waals surface area contributed by atoms with Crippen LogP contribution in [0.1, 0.15) is 36.4 Å². The van der Waals surface area contributed by atoms with Crippen LogP contribution in [-0.4, -0.2) is 32.9 Å². The monoisotopic (exact) mass is 427 g/mol. The molecule has 2 aromatic carbocycles. The molecule has 1 atom stereocenters. The van der Waals surface area contributed by atoms with Gasteiger partial charge in [0.25, 0.3) is 0 Å². The number of halogens is 2. The second kappa shape index (κ2) is 11.0. The molecule has 0 aliphatic heterocycles. The van der Waals surface area contributed by atoms with E-state index in [9.17, 15) is 13.6 Å². The normalized spacial score (nSPS) is 12.5. The van der Waals surface area contributed by atoms with Crippen molar-refractivity contribution in [3.05, 3.63) is 90.0 Å². The van der Waals surface area contributed by atoms with E-state index < -0.39 is 5.97 Å². The van der Waals surface area contributed by atoms with Gasteiger partial charge in [0.15, 0.2) is 0 Å². The van der Waals surface area contributed by atoms with Crippen molar-refractivity contribution in [3.8, 4) is 0 Å². The zero-order valence-electron chi connectivity index (χ0n) is 16.8. The molecule has 0 radical (unpaired) electrons. The predicted octanol–water partition coefficient (Wildman–Crippen LogP) is 4.62. The molecule has 0 saturated heterocycles. The van der Waals surface area contributed by atoms with Gasteiger partial charge in [-0.15, -0.1) is 0 Å². The van der Waals surface area contributed by atoms with E-state index in [0.717, 1.165) is 5.56 Å². The third kappa shape index (κ3) is 6.74. The Morgan fingerprint density at radius 1 is 1.06 bits per heavy atom. The van der Waals surface area contributed by atoms with Crippen LogP contribution in [0.25, 0.3) is 0 Å². The van der Waals surface area contributed by atoms with Crippen LogP contribution < -0.4 is 0 Å². The van der Waals surface area contributed by atoms with Gasteiger partial charge < -0.3 is 14.5 Å². The van der Waals surface area contributed by atoms with Crippen LogP contribution in [0, 0.1) is 11.6 Å². The van der Waals surface area contributed by atoms with E-state index in [2.05, 4.69) is 10.1 Å². The van der Waals surface area contributed by atoms with Gasteiger partial charge >= 0.3 is 5.97 Å². The second-order valence-electron chi connectivity index (χ2n) is 7.02. The quantitative estimate of drug-likeness (QED) is 0.275. The molecule has 0 amide bonds. The zero-order chi connectivity index (χ0) is 22.1. The fourth-order valence-electron chi connectivity index (χ4n) is 3.13. The highest BCUT2D eigenvalue weighted by Gasteiger charge is 2.21. The van der Waals surface area contributed by atoms with Gasteiger partial charge in [-0.3, -0.25) is 4.79 Å². The molecule has 3 aromatic rings. The lowest BCUT2D eigenvalue weighted by molar-refractivity contribution is -0.137. The van der Waals surface area contributed by atoms with Crippen LogP contribution in [0.5, 0.6) is 0 Å². The van der Waals surface area contributed by atoms with Crippen molar-refractivity contribution in [2.45, 2.75) is 31.7 Å². The molecule has 0 fully saturated rings.